The van der Waals surface area contributed by atoms with Crippen LogP contribution < -0.4 is 0 Å². The Morgan fingerprint density at radius 1 is 1.28 bits per heavy atom. The van der Waals surface area contributed by atoms with Gasteiger partial charge < -0.3 is 4.90 Å². The van der Waals surface area contributed by atoms with Crippen LogP contribution >= 0.6 is 12.2 Å². The number of hydrogen-bond acceptors (Lipinski definition) is 4. The van der Waals surface area contributed by atoms with E-state index in [9.17, 15) is 4.79 Å². The molecule has 0 fully saturated rings. The van der Waals surface area contributed by atoms with Crippen LogP contribution in [-0.4, -0.2) is 32.1 Å². The first-order valence-electron chi connectivity index (χ1n) is 9.51. The van der Waals surface area contributed by atoms with Gasteiger partial charge >= 0.3 is 0 Å². The molecule has 0 bridgehead atoms. The van der Waals surface area contributed by atoms with Gasteiger partial charge in [0.15, 0.2) is 10.6 Å². The van der Waals surface area contributed by atoms with Crippen LogP contribution in [0.5, 0.6) is 0 Å². The predicted molar refractivity (Wildman–Crippen MR) is 114 cm³/mol. The van der Waals surface area contributed by atoms with Gasteiger partial charge in [-0.2, -0.15) is 10.4 Å². The van der Waals surface area contributed by atoms with E-state index in [1.54, 1.807) is 16.7 Å². The average Bonchev–Trinajstić information content (AvgIpc) is 3.08. The van der Waals surface area contributed by atoms with Crippen molar-refractivity contribution in [3.05, 3.63) is 70.0 Å². The van der Waals surface area contributed by atoms with E-state index in [2.05, 4.69) is 16.3 Å². The molecular weight excluding hydrogens is 382 g/mol. The monoisotopic (exact) mass is 405 g/mol. The van der Waals surface area contributed by atoms with Gasteiger partial charge in [0, 0.05) is 18.7 Å². The fraction of sp³-hybridized carbons (Fsp3) is 0.273. The van der Waals surface area contributed by atoms with E-state index in [-0.39, 0.29) is 12.5 Å². The molecule has 1 heterocycles. The largest absolute Gasteiger partial charge is 0.337 e. The number of nitriles is 1. The number of nitrogens with zero attached hydrogens (tertiary/aromatic N) is 4. The molecule has 0 aliphatic carbocycles. The highest BCUT2D eigenvalue weighted by molar-refractivity contribution is 7.71. The number of aromatic amines is 1. The molecule has 3 aromatic rings. The van der Waals surface area contributed by atoms with Gasteiger partial charge in [-0.1, -0.05) is 42.8 Å². The molecule has 29 heavy (non-hydrogen) atoms. The molecule has 0 unspecified atom stereocenters. The second-order valence-electron chi connectivity index (χ2n) is 6.93. The second-order valence-corrected chi connectivity index (χ2v) is 7.32. The number of nitrogens with one attached hydrogen (secondary N) is 1. The van der Waals surface area contributed by atoms with Crippen molar-refractivity contribution in [2.45, 2.75) is 33.4 Å². The molecule has 1 aromatic heterocycles. The van der Waals surface area contributed by atoms with Gasteiger partial charge in [0.05, 0.1) is 11.6 Å². The maximum atomic E-state index is 13.1. The molecule has 0 aliphatic rings. The first kappa shape index (κ1) is 20.5. The van der Waals surface area contributed by atoms with Gasteiger partial charge in [-0.05, 0) is 49.3 Å². The Balaban J connectivity index is 1.82. The maximum Gasteiger partial charge on any atom is 0.242 e. The molecular formula is C22H23N5OS. The summed E-state index contributed by atoms with van der Waals surface area (Å²) in [6.45, 7) is 5.31. The quantitative estimate of drug-likeness (QED) is 0.597. The van der Waals surface area contributed by atoms with Gasteiger partial charge in [-0.15, -0.1) is 0 Å². The minimum Gasteiger partial charge on any atom is -0.337 e. The highest BCUT2D eigenvalue weighted by Crippen LogP contribution is 2.19. The van der Waals surface area contributed by atoms with E-state index in [4.69, 9.17) is 17.5 Å². The lowest BCUT2D eigenvalue weighted by Gasteiger charge is -2.23. The van der Waals surface area contributed by atoms with Crippen LogP contribution in [0.2, 0.25) is 0 Å². The van der Waals surface area contributed by atoms with E-state index in [1.165, 1.54) is 0 Å². The fourth-order valence-electron chi connectivity index (χ4n) is 3.17. The van der Waals surface area contributed by atoms with Crippen LogP contribution in [0.3, 0.4) is 0 Å². The minimum atomic E-state index is -0.0254. The van der Waals surface area contributed by atoms with E-state index in [0.717, 1.165) is 23.1 Å². The summed E-state index contributed by atoms with van der Waals surface area (Å²) < 4.78 is 2.16. The highest BCUT2D eigenvalue weighted by atomic mass is 32.1. The van der Waals surface area contributed by atoms with Crippen LogP contribution in [0.25, 0.3) is 11.4 Å². The molecule has 0 saturated carbocycles. The van der Waals surface area contributed by atoms with Crippen LogP contribution in [0.4, 0.5) is 0 Å². The third-order valence-electron chi connectivity index (χ3n) is 4.63. The highest BCUT2D eigenvalue weighted by Gasteiger charge is 2.18. The Labute approximate surface area is 175 Å². The topological polar surface area (TPSA) is 77.7 Å². The number of H-pyrrole nitrogens is 1. The Morgan fingerprint density at radius 2 is 2.03 bits per heavy atom. The van der Waals surface area contributed by atoms with E-state index in [1.807, 2.05) is 55.1 Å². The van der Waals surface area contributed by atoms with Crippen molar-refractivity contribution in [3.63, 3.8) is 0 Å². The summed E-state index contributed by atoms with van der Waals surface area (Å²) in [5, 5.41) is 16.1. The molecule has 148 valence electrons. The Bertz CT molecular complexity index is 1090. The molecule has 0 radical (unpaired) electrons. The maximum absolute atomic E-state index is 13.1. The molecule has 0 spiro atoms. The van der Waals surface area contributed by atoms with Crippen molar-refractivity contribution in [1.29, 1.82) is 5.26 Å². The van der Waals surface area contributed by atoms with E-state index >= 15 is 0 Å². The first-order valence-corrected chi connectivity index (χ1v) is 9.91. The van der Waals surface area contributed by atoms with Crippen molar-refractivity contribution >= 4 is 18.1 Å². The van der Waals surface area contributed by atoms with Crippen molar-refractivity contribution in [3.8, 4) is 17.5 Å². The van der Waals surface area contributed by atoms with Crippen LogP contribution in [0, 0.1) is 23.0 Å². The summed E-state index contributed by atoms with van der Waals surface area (Å²) in [5.74, 6) is 0.629. The van der Waals surface area contributed by atoms with Crippen molar-refractivity contribution in [1.82, 2.24) is 19.7 Å². The zero-order valence-corrected chi connectivity index (χ0v) is 17.4. The Kier molecular flexibility index (Phi) is 6.57. The summed E-state index contributed by atoms with van der Waals surface area (Å²) in [4.78, 5) is 14.9. The zero-order chi connectivity index (χ0) is 20.8. The standard InChI is InChI=1S/C22H23N5OS/c1-3-11-26(14-18-9-7-17(13-23)8-10-18)20(28)15-27-21(24-25-22(27)29)19-6-4-5-16(2)12-19/h4-10,12H,3,11,14-15H2,1-2H3,(H,25,29). The molecule has 1 amide bonds. The number of carbonyl (C=O) groups excluding carboxylic acids is 1. The van der Waals surface area contributed by atoms with Gasteiger partial charge in [0.2, 0.25) is 5.91 Å². The molecule has 3 rings (SSSR count). The Morgan fingerprint density at radius 3 is 2.69 bits per heavy atom. The number of hydrogen-bond donors (Lipinski definition) is 1. The summed E-state index contributed by atoms with van der Waals surface area (Å²) in [7, 11) is 0. The van der Waals surface area contributed by atoms with Crippen molar-refractivity contribution < 1.29 is 4.79 Å². The smallest absolute Gasteiger partial charge is 0.242 e. The first-order chi connectivity index (χ1) is 14.0. The van der Waals surface area contributed by atoms with Crippen LogP contribution in [-0.2, 0) is 17.9 Å². The molecule has 1 N–H and O–H groups in total. The summed E-state index contributed by atoms with van der Waals surface area (Å²) in [5.41, 5.74) is 3.62. The third kappa shape index (κ3) is 4.98. The average molecular weight is 406 g/mol. The van der Waals surface area contributed by atoms with Gasteiger partial charge in [0.1, 0.15) is 6.54 Å². The fourth-order valence-corrected chi connectivity index (χ4v) is 3.37. The normalized spacial score (nSPS) is 10.5. The molecule has 6 nitrogen and oxygen atoms in total. The lowest BCUT2D eigenvalue weighted by molar-refractivity contribution is -0.132. The third-order valence-corrected chi connectivity index (χ3v) is 4.94. The second kappa shape index (κ2) is 9.30. The molecule has 2 aromatic carbocycles. The van der Waals surface area contributed by atoms with E-state index < -0.39 is 0 Å². The number of aromatic nitrogens is 3. The summed E-state index contributed by atoms with van der Waals surface area (Å²) in [6.07, 6.45) is 0.851. The van der Waals surface area contributed by atoms with Gasteiger partial charge in [0.25, 0.3) is 0 Å². The van der Waals surface area contributed by atoms with Gasteiger partial charge in [-0.3, -0.25) is 14.5 Å². The van der Waals surface area contributed by atoms with Gasteiger partial charge in [-0.25, -0.2) is 0 Å². The molecule has 0 aliphatic heterocycles. The van der Waals surface area contributed by atoms with Crippen LogP contribution in [0.1, 0.15) is 30.0 Å². The SMILES string of the molecule is CCCN(Cc1ccc(C#N)cc1)C(=O)Cn1c(-c2cccc(C)c2)n[nH]c1=S. The lowest BCUT2D eigenvalue weighted by Crippen LogP contribution is -2.34. The Hall–Kier alpha value is -3.24. The summed E-state index contributed by atoms with van der Waals surface area (Å²) >= 11 is 5.38. The number of rotatable bonds is 7. The van der Waals surface area contributed by atoms with Crippen molar-refractivity contribution in [2.24, 2.45) is 0 Å². The lowest BCUT2D eigenvalue weighted by atomic mass is 10.1. The summed E-state index contributed by atoms with van der Waals surface area (Å²) in [6, 6.07) is 17.4. The number of amides is 1. The molecule has 7 heteroatoms. The van der Waals surface area contributed by atoms with E-state index in [0.29, 0.717) is 29.2 Å². The zero-order valence-electron chi connectivity index (χ0n) is 16.6. The number of benzene rings is 2. The van der Waals surface area contributed by atoms with Crippen LogP contribution in [0.15, 0.2) is 48.5 Å². The molecule has 0 atom stereocenters. The molecule has 0 saturated heterocycles. The van der Waals surface area contributed by atoms with Crippen molar-refractivity contribution in [2.75, 3.05) is 6.54 Å². The minimum absolute atomic E-state index is 0.0254. The number of aryl methyl sites for hydroxylation is 1. The number of carbonyl (C=O) groups is 1. The predicted octanol–water partition coefficient (Wildman–Crippen LogP) is 4.23.